The molecule has 0 unspecified atom stereocenters. The number of hydrogen-bond acceptors (Lipinski definition) is 3. The summed E-state index contributed by atoms with van der Waals surface area (Å²) in [5, 5.41) is 13.1. The van der Waals surface area contributed by atoms with Gasteiger partial charge in [-0.2, -0.15) is 0 Å². The van der Waals surface area contributed by atoms with Crippen molar-refractivity contribution in [2.24, 2.45) is 0 Å². The molecule has 5 heteroatoms. The number of rotatable bonds is 2. The molecule has 4 nitrogen and oxygen atoms in total. The predicted molar refractivity (Wildman–Crippen MR) is 86.0 cm³/mol. The highest BCUT2D eigenvalue weighted by molar-refractivity contribution is 9.10. The number of amides is 1. The van der Waals surface area contributed by atoms with Gasteiger partial charge in [0.05, 0.1) is 11.6 Å². The lowest BCUT2D eigenvalue weighted by Gasteiger charge is -2.13. The van der Waals surface area contributed by atoms with Crippen LogP contribution in [0.25, 0.3) is 5.76 Å². The van der Waals surface area contributed by atoms with Crippen LogP contribution in [0.2, 0.25) is 0 Å². The zero-order chi connectivity index (χ0) is 15.7. The van der Waals surface area contributed by atoms with Gasteiger partial charge < -0.3 is 10.4 Å². The maximum Gasteiger partial charge on any atom is 0.293 e. The Morgan fingerprint density at radius 3 is 2.27 bits per heavy atom. The summed E-state index contributed by atoms with van der Waals surface area (Å²) >= 11 is 3.32. The fourth-order valence-corrected chi connectivity index (χ4v) is 2.69. The zero-order valence-electron chi connectivity index (χ0n) is 11.4. The Hall–Kier alpha value is -2.40. The van der Waals surface area contributed by atoms with Crippen LogP contribution in [0.1, 0.15) is 17.2 Å². The van der Waals surface area contributed by atoms with E-state index >= 15 is 0 Å². The molecule has 0 aliphatic carbocycles. The van der Waals surface area contributed by atoms with E-state index in [9.17, 15) is 14.7 Å². The molecule has 1 heterocycles. The minimum atomic E-state index is -0.701. The Morgan fingerprint density at radius 2 is 1.64 bits per heavy atom. The molecule has 2 aromatic carbocycles. The first-order valence-electron chi connectivity index (χ1n) is 6.67. The molecule has 1 aliphatic rings. The topological polar surface area (TPSA) is 66.4 Å². The Labute approximate surface area is 135 Å². The molecule has 2 N–H and O–H groups in total. The quantitative estimate of drug-likeness (QED) is 0.492. The fourth-order valence-electron chi connectivity index (χ4n) is 2.43. The minimum absolute atomic E-state index is 0.0820. The van der Waals surface area contributed by atoms with E-state index < -0.39 is 17.7 Å². The molecule has 1 saturated heterocycles. The summed E-state index contributed by atoms with van der Waals surface area (Å²) in [7, 11) is 0. The summed E-state index contributed by atoms with van der Waals surface area (Å²) in [5.74, 6) is -1.58. The lowest BCUT2D eigenvalue weighted by atomic mass is 9.96. The Bertz CT molecular complexity index is 766. The van der Waals surface area contributed by atoms with Crippen molar-refractivity contribution >= 4 is 33.4 Å². The number of aliphatic hydroxyl groups is 1. The van der Waals surface area contributed by atoms with E-state index in [1.54, 1.807) is 36.4 Å². The maximum atomic E-state index is 12.1. The second-order valence-electron chi connectivity index (χ2n) is 4.92. The molecule has 0 aromatic heterocycles. The van der Waals surface area contributed by atoms with Crippen molar-refractivity contribution in [1.82, 2.24) is 5.32 Å². The lowest BCUT2D eigenvalue weighted by Crippen LogP contribution is -2.21. The standard InChI is InChI=1S/C17H12BrNO3/c18-12-8-6-11(7-9-12)15(20)13-14(19-17(22)16(13)21)10-4-2-1-3-5-10/h1-9,14,20H,(H,19,22)/t14-/m1/s1. The number of nitrogens with one attached hydrogen (secondary N) is 1. The number of aliphatic hydroxyl groups excluding tert-OH is 1. The number of benzene rings is 2. The molecule has 0 saturated carbocycles. The number of carbonyl (C=O) groups excluding carboxylic acids is 2. The minimum Gasteiger partial charge on any atom is -0.507 e. The van der Waals surface area contributed by atoms with E-state index in [2.05, 4.69) is 21.2 Å². The second-order valence-corrected chi connectivity index (χ2v) is 5.83. The zero-order valence-corrected chi connectivity index (χ0v) is 13.0. The molecule has 1 aliphatic heterocycles. The van der Waals surface area contributed by atoms with Gasteiger partial charge in [-0.3, -0.25) is 9.59 Å². The van der Waals surface area contributed by atoms with Crippen LogP contribution in [0.15, 0.2) is 64.6 Å². The molecule has 1 amide bonds. The van der Waals surface area contributed by atoms with E-state index in [4.69, 9.17) is 0 Å². The van der Waals surface area contributed by atoms with E-state index in [0.29, 0.717) is 5.56 Å². The Balaban J connectivity index is 2.11. The first-order valence-corrected chi connectivity index (χ1v) is 7.46. The van der Waals surface area contributed by atoms with E-state index in [-0.39, 0.29) is 11.3 Å². The molecule has 110 valence electrons. The van der Waals surface area contributed by atoms with Crippen LogP contribution >= 0.6 is 15.9 Å². The lowest BCUT2D eigenvalue weighted by molar-refractivity contribution is -0.133. The summed E-state index contributed by atoms with van der Waals surface area (Å²) in [6.07, 6.45) is 0. The highest BCUT2D eigenvalue weighted by Crippen LogP contribution is 2.32. The van der Waals surface area contributed by atoms with Crippen LogP contribution in [0.4, 0.5) is 0 Å². The van der Waals surface area contributed by atoms with Gasteiger partial charge in [-0.1, -0.05) is 58.4 Å². The SMILES string of the molecule is O=C1N[C@H](c2ccccc2)C(=C(O)c2ccc(Br)cc2)C1=O. The molecule has 0 spiro atoms. The van der Waals surface area contributed by atoms with Crippen molar-refractivity contribution in [3.63, 3.8) is 0 Å². The molecule has 1 atom stereocenters. The first-order chi connectivity index (χ1) is 10.6. The third-order valence-electron chi connectivity index (χ3n) is 3.52. The van der Waals surface area contributed by atoms with Crippen LogP contribution in [-0.2, 0) is 9.59 Å². The molecule has 0 radical (unpaired) electrons. The summed E-state index contributed by atoms with van der Waals surface area (Å²) in [4.78, 5) is 23.9. The van der Waals surface area contributed by atoms with Crippen molar-refractivity contribution in [2.75, 3.05) is 0 Å². The second kappa shape index (κ2) is 5.77. The van der Waals surface area contributed by atoms with Gasteiger partial charge in [0.1, 0.15) is 5.76 Å². The van der Waals surface area contributed by atoms with Gasteiger partial charge in [0.25, 0.3) is 11.7 Å². The smallest absolute Gasteiger partial charge is 0.293 e. The fraction of sp³-hybridized carbons (Fsp3) is 0.0588. The van der Waals surface area contributed by atoms with Gasteiger partial charge >= 0.3 is 0 Å². The number of ketones is 1. The monoisotopic (exact) mass is 357 g/mol. The van der Waals surface area contributed by atoms with Crippen molar-refractivity contribution in [3.8, 4) is 0 Å². The molecular formula is C17H12BrNO3. The van der Waals surface area contributed by atoms with Crippen LogP contribution < -0.4 is 5.32 Å². The highest BCUT2D eigenvalue weighted by atomic mass is 79.9. The van der Waals surface area contributed by atoms with Gasteiger partial charge in [-0.25, -0.2) is 0 Å². The van der Waals surface area contributed by atoms with E-state index in [1.165, 1.54) is 0 Å². The maximum absolute atomic E-state index is 12.1. The average Bonchev–Trinajstić information content (AvgIpc) is 2.84. The molecule has 2 aromatic rings. The molecule has 0 bridgehead atoms. The number of Topliss-reactive ketones (excluding diaryl/α,β-unsaturated/α-hetero) is 1. The average molecular weight is 358 g/mol. The van der Waals surface area contributed by atoms with Crippen LogP contribution in [-0.4, -0.2) is 16.8 Å². The molecule has 3 rings (SSSR count). The van der Waals surface area contributed by atoms with Crippen LogP contribution in [0, 0.1) is 0 Å². The Kier molecular flexibility index (Phi) is 3.81. The third kappa shape index (κ3) is 2.55. The first kappa shape index (κ1) is 14.5. The summed E-state index contributed by atoms with van der Waals surface area (Å²) < 4.78 is 0.862. The summed E-state index contributed by atoms with van der Waals surface area (Å²) in [6, 6.07) is 15.4. The van der Waals surface area contributed by atoms with Crippen molar-refractivity contribution in [3.05, 3.63) is 75.8 Å². The van der Waals surface area contributed by atoms with Gasteiger partial charge in [0, 0.05) is 10.0 Å². The largest absolute Gasteiger partial charge is 0.507 e. The molecule has 22 heavy (non-hydrogen) atoms. The van der Waals surface area contributed by atoms with Crippen molar-refractivity contribution in [2.45, 2.75) is 6.04 Å². The van der Waals surface area contributed by atoms with E-state index in [1.807, 2.05) is 18.2 Å². The van der Waals surface area contributed by atoms with Gasteiger partial charge in [0.2, 0.25) is 0 Å². The van der Waals surface area contributed by atoms with Gasteiger partial charge in [-0.15, -0.1) is 0 Å². The van der Waals surface area contributed by atoms with Crippen LogP contribution in [0.5, 0.6) is 0 Å². The van der Waals surface area contributed by atoms with Crippen molar-refractivity contribution in [1.29, 1.82) is 0 Å². The predicted octanol–water partition coefficient (Wildman–Crippen LogP) is 3.16. The number of carbonyl (C=O) groups is 2. The molecule has 1 fully saturated rings. The summed E-state index contributed by atoms with van der Waals surface area (Å²) in [5.41, 5.74) is 1.32. The number of halogens is 1. The third-order valence-corrected chi connectivity index (χ3v) is 4.05. The number of hydrogen-bond donors (Lipinski definition) is 2. The van der Waals surface area contributed by atoms with Gasteiger partial charge in [0.15, 0.2) is 0 Å². The molecular weight excluding hydrogens is 346 g/mol. The van der Waals surface area contributed by atoms with E-state index in [0.717, 1.165) is 10.0 Å². The normalized spacial score (nSPS) is 20.0. The van der Waals surface area contributed by atoms with Gasteiger partial charge in [-0.05, 0) is 17.7 Å². The van der Waals surface area contributed by atoms with Crippen LogP contribution in [0.3, 0.4) is 0 Å². The van der Waals surface area contributed by atoms with Crippen molar-refractivity contribution < 1.29 is 14.7 Å². The summed E-state index contributed by atoms with van der Waals surface area (Å²) in [6.45, 7) is 0. The Morgan fingerprint density at radius 1 is 1.00 bits per heavy atom. The highest BCUT2D eigenvalue weighted by Gasteiger charge is 2.39.